The fraction of sp³-hybridized carbons (Fsp3) is 0.364. The predicted octanol–water partition coefficient (Wildman–Crippen LogP) is 6.05. The van der Waals surface area contributed by atoms with Crippen molar-refractivity contribution in [1.82, 2.24) is 0 Å². The van der Waals surface area contributed by atoms with Crippen LogP contribution in [0.3, 0.4) is 0 Å². The zero-order valence-electron chi connectivity index (χ0n) is 16.9. The Morgan fingerprint density at radius 3 is 2.38 bits per heavy atom. The molecular weight excluding hydrogens is 413 g/mol. The summed E-state index contributed by atoms with van der Waals surface area (Å²) in [6.45, 7) is 8.07. The molecule has 0 aliphatic heterocycles. The topological polar surface area (TPSA) is 55.4 Å². The highest BCUT2D eigenvalue weighted by Gasteiger charge is 2.27. The quantitative estimate of drug-likeness (QED) is 0.403. The number of anilines is 1. The van der Waals surface area contributed by atoms with E-state index in [1.807, 2.05) is 27.7 Å². The first-order valence-electron chi connectivity index (χ1n) is 9.37. The van der Waals surface area contributed by atoms with Crippen LogP contribution in [0.15, 0.2) is 47.4 Å². The van der Waals surface area contributed by atoms with Gasteiger partial charge in [-0.2, -0.15) is 0 Å². The molecule has 1 atom stereocenters. The predicted molar refractivity (Wildman–Crippen MR) is 116 cm³/mol. The van der Waals surface area contributed by atoms with Crippen molar-refractivity contribution in [2.75, 3.05) is 11.9 Å². The van der Waals surface area contributed by atoms with E-state index in [4.69, 9.17) is 16.3 Å². The SMILES string of the molecule is CC(C)COC(=O)C(Sc1cc(NC(=O)c2ccccc2)c(F)cc1Cl)C(C)C. The number of carbonyl (C=O) groups excluding carboxylic acids is 2. The minimum Gasteiger partial charge on any atom is -0.465 e. The van der Waals surface area contributed by atoms with Crippen LogP contribution >= 0.6 is 23.4 Å². The number of ether oxygens (including phenoxy) is 1. The zero-order chi connectivity index (χ0) is 21.6. The van der Waals surface area contributed by atoms with Crippen LogP contribution in [-0.4, -0.2) is 23.7 Å². The molecule has 1 unspecified atom stereocenters. The maximum atomic E-state index is 14.4. The third-order valence-corrected chi connectivity index (χ3v) is 5.96. The first-order valence-corrected chi connectivity index (χ1v) is 10.6. The van der Waals surface area contributed by atoms with E-state index < -0.39 is 17.0 Å². The average Bonchev–Trinajstić information content (AvgIpc) is 2.67. The molecule has 4 nitrogen and oxygen atoms in total. The van der Waals surface area contributed by atoms with Gasteiger partial charge in [0.25, 0.3) is 5.91 Å². The highest BCUT2D eigenvalue weighted by molar-refractivity contribution is 8.00. The number of thioether (sulfide) groups is 1. The minimum atomic E-state index is -0.646. The van der Waals surface area contributed by atoms with Crippen molar-refractivity contribution in [3.8, 4) is 0 Å². The monoisotopic (exact) mass is 437 g/mol. The van der Waals surface area contributed by atoms with Crippen LogP contribution in [0.1, 0.15) is 38.1 Å². The standard InChI is InChI=1S/C22H25ClFNO3S/c1-13(2)12-28-22(27)20(14(3)4)29-19-11-18(17(24)10-16(19)23)25-21(26)15-8-6-5-7-9-15/h5-11,13-14,20H,12H2,1-4H3,(H,25,26). The van der Waals surface area contributed by atoms with Crippen molar-refractivity contribution in [3.05, 3.63) is 58.9 Å². The third-order valence-electron chi connectivity index (χ3n) is 3.96. The van der Waals surface area contributed by atoms with Gasteiger partial charge < -0.3 is 10.1 Å². The molecule has 2 rings (SSSR count). The van der Waals surface area contributed by atoms with Gasteiger partial charge >= 0.3 is 5.97 Å². The number of nitrogens with one attached hydrogen (secondary N) is 1. The van der Waals surface area contributed by atoms with Crippen molar-refractivity contribution in [1.29, 1.82) is 0 Å². The number of halogens is 2. The van der Waals surface area contributed by atoms with Gasteiger partial charge in [-0.15, -0.1) is 11.8 Å². The molecule has 0 aliphatic rings. The first kappa shape index (κ1) is 23.2. The maximum absolute atomic E-state index is 14.4. The Balaban J connectivity index is 2.22. The number of carbonyl (C=O) groups is 2. The van der Waals surface area contributed by atoms with E-state index in [9.17, 15) is 14.0 Å². The minimum absolute atomic E-state index is 0.00352. The Hall–Kier alpha value is -2.05. The second kappa shape index (κ2) is 10.6. The van der Waals surface area contributed by atoms with Crippen LogP contribution in [0.5, 0.6) is 0 Å². The van der Waals surface area contributed by atoms with Gasteiger partial charge in [0.1, 0.15) is 11.1 Å². The van der Waals surface area contributed by atoms with Crippen molar-refractivity contribution in [2.45, 2.75) is 37.8 Å². The van der Waals surface area contributed by atoms with E-state index >= 15 is 0 Å². The molecule has 0 heterocycles. The second-order valence-electron chi connectivity index (χ2n) is 7.39. The Bertz CT molecular complexity index is 859. The van der Waals surface area contributed by atoms with Gasteiger partial charge in [0, 0.05) is 10.5 Å². The first-order chi connectivity index (χ1) is 13.7. The molecular formula is C22H25ClFNO3S. The summed E-state index contributed by atoms with van der Waals surface area (Å²) in [5.41, 5.74) is 0.414. The summed E-state index contributed by atoms with van der Waals surface area (Å²) in [6.07, 6.45) is 0. The van der Waals surface area contributed by atoms with Crippen LogP contribution in [0, 0.1) is 17.7 Å². The number of hydrogen-bond acceptors (Lipinski definition) is 4. The number of esters is 1. The summed E-state index contributed by atoms with van der Waals surface area (Å²) in [7, 11) is 0. The number of hydrogen-bond donors (Lipinski definition) is 1. The van der Waals surface area contributed by atoms with Crippen LogP contribution in [-0.2, 0) is 9.53 Å². The molecule has 0 saturated carbocycles. The summed E-state index contributed by atoms with van der Waals surface area (Å²) in [6, 6.07) is 11.1. The lowest BCUT2D eigenvalue weighted by molar-refractivity contribution is -0.144. The lowest BCUT2D eigenvalue weighted by Gasteiger charge is -2.21. The van der Waals surface area contributed by atoms with Gasteiger partial charge in [-0.1, -0.05) is 57.5 Å². The summed E-state index contributed by atoms with van der Waals surface area (Å²) >= 11 is 7.41. The molecule has 0 aliphatic carbocycles. The summed E-state index contributed by atoms with van der Waals surface area (Å²) in [5, 5.41) is 2.23. The van der Waals surface area contributed by atoms with Gasteiger partial charge in [0.2, 0.25) is 0 Å². The molecule has 1 N–H and O–H groups in total. The molecule has 0 radical (unpaired) electrons. The third kappa shape index (κ3) is 6.75. The maximum Gasteiger partial charge on any atom is 0.319 e. The Kier molecular flexibility index (Phi) is 8.53. The van der Waals surface area contributed by atoms with Crippen LogP contribution in [0.2, 0.25) is 5.02 Å². The molecule has 0 fully saturated rings. The van der Waals surface area contributed by atoms with E-state index in [0.29, 0.717) is 17.1 Å². The van der Waals surface area contributed by atoms with Gasteiger partial charge in [0.05, 0.1) is 17.3 Å². The molecule has 29 heavy (non-hydrogen) atoms. The van der Waals surface area contributed by atoms with Gasteiger partial charge in [-0.3, -0.25) is 9.59 Å². The summed E-state index contributed by atoms with van der Waals surface area (Å²) in [5.74, 6) is -1.21. The lowest BCUT2D eigenvalue weighted by Crippen LogP contribution is -2.27. The molecule has 0 saturated heterocycles. The fourth-order valence-electron chi connectivity index (χ4n) is 2.42. The molecule has 0 spiro atoms. The van der Waals surface area contributed by atoms with Crippen molar-refractivity contribution >= 4 is 40.9 Å². The smallest absolute Gasteiger partial charge is 0.319 e. The van der Waals surface area contributed by atoms with Gasteiger partial charge in [0.15, 0.2) is 0 Å². The van der Waals surface area contributed by atoms with Gasteiger partial charge in [-0.05, 0) is 36.1 Å². The number of rotatable bonds is 8. The molecule has 7 heteroatoms. The largest absolute Gasteiger partial charge is 0.465 e. The summed E-state index contributed by atoms with van der Waals surface area (Å²) < 4.78 is 19.7. The summed E-state index contributed by atoms with van der Waals surface area (Å²) in [4.78, 5) is 25.3. The molecule has 1 amide bonds. The van der Waals surface area contributed by atoms with E-state index in [-0.39, 0.29) is 28.5 Å². The lowest BCUT2D eigenvalue weighted by atomic mass is 10.1. The Morgan fingerprint density at radius 2 is 1.79 bits per heavy atom. The second-order valence-corrected chi connectivity index (χ2v) is 8.98. The van der Waals surface area contributed by atoms with Gasteiger partial charge in [-0.25, -0.2) is 4.39 Å². The van der Waals surface area contributed by atoms with Crippen molar-refractivity contribution < 1.29 is 18.7 Å². The van der Waals surface area contributed by atoms with Crippen LogP contribution in [0.25, 0.3) is 0 Å². The number of amides is 1. The van der Waals surface area contributed by atoms with E-state index in [2.05, 4.69) is 5.32 Å². The van der Waals surface area contributed by atoms with Crippen LogP contribution < -0.4 is 5.32 Å². The highest BCUT2D eigenvalue weighted by atomic mass is 35.5. The van der Waals surface area contributed by atoms with E-state index in [0.717, 1.165) is 6.07 Å². The Morgan fingerprint density at radius 1 is 1.14 bits per heavy atom. The average molecular weight is 438 g/mol. The highest BCUT2D eigenvalue weighted by Crippen LogP contribution is 2.37. The Labute approximate surface area is 180 Å². The van der Waals surface area contributed by atoms with Crippen LogP contribution in [0.4, 0.5) is 10.1 Å². The normalized spacial score (nSPS) is 12.1. The van der Waals surface area contributed by atoms with E-state index in [1.54, 1.807) is 30.3 Å². The van der Waals surface area contributed by atoms with Crippen molar-refractivity contribution in [3.63, 3.8) is 0 Å². The zero-order valence-corrected chi connectivity index (χ0v) is 18.4. The molecule has 2 aromatic rings. The number of benzene rings is 2. The molecule has 0 bridgehead atoms. The molecule has 2 aromatic carbocycles. The molecule has 0 aromatic heterocycles. The van der Waals surface area contributed by atoms with E-state index in [1.165, 1.54) is 17.8 Å². The fourth-order valence-corrected chi connectivity index (χ4v) is 3.77. The van der Waals surface area contributed by atoms with Crippen molar-refractivity contribution in [2.24, 2.45) is 11.8 Å². The molecule has 156 valence electrons.